The van der Waals surface area contributed by atoms with Crippen molar-refractivity contribution in [3.05, 3.63) is 58.6 Å². The first kappa shape index (κ1) is 16.2. The van der Waals surface area contributed by atoms with E-state index in [-0.39, 0.29) is 29.3 Å². The van der Waals surface area contributed by atoms with Crippen LogP contribution in [0.15, 0.2) is 48.5 Å². The van der Waals surface area contributed by atoms with Crippen molar-refractivity contribution in [1.82, 2.24) is 0 Å². The van der Waals surface area contributed by atoms with Gasteiger partial charge < -0.3 is 0 Å². The number of nitro groups is 1. The normalized spacial score (nSPS) is 28.7. The Morgan fingerprint density at radius 1 is 0.815 bits per heavy atom. The van der Waals surface area contributed by atoms with Gasteiger partial charge in [-0.3, -0.25) is 24.6 Å². The fourth-order valence-corrected chi connectivity index (χ4v) is 5.24. The number of carbonyl (C=O) groups is 2. The smallest absolute Gasteiger partial charge is 0.269 e. The highest BCUT2D eigenvalue weighted by molar-refractivity contribution is 6.22. The highest BCUT2D eigenvalue weighted by atomic mass is 16.6. The third kappa shape index (κ3) is 2.32. The van der Waals surface area contributed by atoms with Crippen molar-refractivity contribution >= 4 is 23.2 Å². The van der Waals surface area contributed by atoms with E-state index in [2.05, 4.69) is 0 Å². The number of carbonyl (C=O) groups excluding carboxylic acids is 2. The molecule has 1 aliphatic heterocycles. The molecule has 0 unspecified atom stereocenters. The molecule has 0 N–H and O–H groups in total. The Hall–Kier alpha value is -3.02. The number of hydrogen-bond acceptors (Lipinski definition) is 4. The van der Waals surface area contributed by atoms with Gasteiger partial charge in [0, 0.05) is 12.1 Å². The zero-order chi connectivity index (χ0) is 18.7. The zero-order valence-corrected chi connectivity index (χ0v) is 14.6. The predicted molar refractivity (Wildman–Crippen MR) is 98.8 cm³/mol. The molecule has 2 bridgehead atoms. The number of rotatable bonds is 3. The maximum atomic E-state index is 12.9. The van der Waals surface area contributed by atoms with Crippen LogP contribution in [0.1, 0.15) is 19.3 Å². The summed E-state index contributed by atoms with van der Waals surface area (Å²) < 4.78 is 0. The van der Waals surface area contributed by atoms with E-state index in [0.717, 1.165) is 30.4 Å². The van der Waals surface area contributed by atoms with Crippen LogP contribution in [0.5, 0.6) is 0 Å². The quantitative estimate of drug-likeness (QED) is 0.472. The summed E-state index contributed by atoms with van der Waals surface area (Å²) in [5.41, 5.74) is 2.39. The number of nitrogens with zero attached hydrogens (tertiary/aromatic N) is 2. The van der Waals surface area contributed by atoms with Gasteiger partial charge in [0.1, 0.15) is 0 Å². The zero-order valence-electron chi connectivity index (χ0n) is 14.6. The minimum absolute atomic E-state index is 0.0414. The van der Waals surface area contributed by atoms with Gasteiger partial charge in [-0.25, -0.2) is 0 Å². The van der Waals surface area contributed by atoms with Gasteiger partial charge in [0.15, 0.2) is 0 Å². The lowest BCUT2D eigenvalue weighted by Gasteiger charge is -2.19. The van der Waals surface area contributed by atoms with Crippen LogP contribution in [0.25, 0.3) is 11.1 Å². The lowest BCUT2D eigenvalue weighted by molar-refractivity contribution is -0.384. The maximum absolute atomic E-state index is 12.9. The van der Waals surface area contributed by atoms with Crippen molar-refractivity contribution in [2.45, 2.75) is 19.3 Å². The van der Waals surface area contributed by atoms with Gasteiger partial charge in [0.25, 0.3) is 5.69 Å². The Balaban J connectivity index is 1.41. The number of benzene rings is 2. The number of fused-ring (bicyclic) bond motifs is 5. The average molecular weight is 362 g/mol. The first-order valence-corrected chi connectivity index (χ1v) is 9.27. The van der Waals surface area contributed by atoms with E-state index in [1.807, 2.05) is 12.1 Å². The molecule has 2 amide bonds. The molecule has 3 fully saturated rings. The molecule has 27 heavy (non-hydrogen) atoms. The fraction of sp³-hybridized carbons (Fsp3) is 0.333. The molecule has 6 heteroatoms. The van der Waals surface area contributed by atoms with E-state index in [9.17, 15) is 19.7 Å². The molecule has 1 saturated heterocycles. The van der Waals surface area contributed by atoms with E-state index in [1.165, 1.54) is 17.0 Å². The van der Waals surface area contributed by atoms with Gasteiger partial charge in [-0.1, -0.05) is 12.1 Å². The van der Waals surface area contributed by atoms with Crippen molar-refractivity contribution in [1.29, 1.82) is 0 Å². The van der Waals surface area contributed by atoms with Crippen LogP contribution >= 0.6 is 0 Å². The Bertz CT molecular complexity index is 923. The van der Waals surface area contributed by atoms with E-state index in [0.29, 0.717) is 17.5 Å². The molecule has 2 aromatic carbocycles. The first-order chi connectivity index (χ1) is 13.0. The minimum atomic E-state index is -0.429. The summed E-state index contributed by atoms with van der Waals surface area (Å²) in [6, 6.07) is 13.6. The highest BCUT2D eigenvalue weighted by Crippen LogP contribution is 2.56. The summed E-state index contributed by atoms with van der Waals surface area (Å²) in [5, 5.41) is 10.8. The van der Waals surface area contributed by atoms with Crippen LogP contribution in [0, 0.1) is 33.8 Å². The van der Waals surface area contributed by atoms with Crippen molar-refractivity contribution in [2.75, 3.05) is 4.90 Å². The lowest BCUT2D eigenvalue weighted by Crippen LogP contribution is -2.32. The van der Waals surface area contributed by atoms with Gasteiger partial charge in [0.2, 0.25) is 11.8 Å². The second kappa shape index (κ2) is 5.74. The van der Waals surface area contributed by atoms with E-state index in [1.54, 1.807) is 24.3 Å². The van der Waals surface area contributed by atoms with Crippen LogP contribution in [0.3, 0.4) is 0 Å². The van der Waals surface area contributed by atoms with Crippen LogP contribution in [-0.4, -0.2) is 16.7 Å². The summed E-state index contributed by atoms with van der Waals surface area (Å²) in [6.45, 7) is 0. The van der Waals surface area contributed by atoms with Crippen molar-refractivity contribution in [3.63, 3.8) is 0 Å². The van der Waals surface area contributed by atoms with Crippen molar-refractivity contribution < 1.29 is 14.5 Å². The summed E-state index contributed by atoms with van der Waals surface area (Å²) in [7, 11) is 0. The number of non-ortho nitro benzene ring substituents is 1. The monoisotopic (exact) mass is 362 g/mol. The summed E-state index contributed by atoms with van der Waals surface area (Å²) in [4.78, 5) is 37.5. The highest BCUT2D eigenvalue weighted by Gasteiger charge is 2.61. The summed E-state index contributed by atoms with van der Waals surface area (Å²) in [5.74, 6) is 0.429. The number of imide groups is 1. The van der Waals surface area contributed by atoms with Crippen LogP contribution in [0.4, 0.5) is 11.4 Å². The van der Waals surface area contributed by atoms with E-state index >= 15 is 0 Å². The number of anilines is 1. The second-order valence-electron chi connectivity index (χ2n) is 7.75. The predicted octanol–water partition coefficient (Wildman–Crippen LogP) is 3.80. The molecule has 136 valence electrons. The number of amides is 2. The number of hydrogen-bond donors (Lipinski definition) is 0. The Morgan fingerprint density at radius 2 is 1.30 bits per heavy atom. The fourth-order valence-electron chi connectivity index (χ4n) is 5.24. The van der Waals surface area contributed by atoms with Crippen LogP contribution in [0.2, 0.25) is 0 Å². The second-order valence-corrected chi connectivity index (χ2v) is 7.75. The Labute approximate surface area is 155 Å². The molecule has 6 nitrogen and oxygen atoms in total. The standard InChI is InChI=1S/C21H18N2O4/c24-20-18-14-1-2-15(11-14)19(18)21(25)22(20)16-7-3-12(4-8-16)13-5-9-17(10-6-13)23(26)27/h3-10,14-15,18-19H,1-2,11H2/t14-,15-,18+,19+/m0/s1. The third-order valence-electron chi connectivity index (χ3n) is 6.46. The summed E-state index contributed by atoms with van der Waals surface area (Å²) in [6.07, 6.45) is 3.16. The average Bonchev–Trinajstić information content (AvgIpc) is 3.36. The molecule has 5 rings (SSSR count). The van der Waals surface area contributed by atoms with Crippen molar-refractivity contribution in [2.24, 2.45) is 23.7 Å². The molecule has 1 heterocycles. The van der Waals surface area contributed by atoms with Crippen molar-refractivity contribution in [3.8, 4) is 11.1 Å². The largest absolute Gasteiger partial charge is 0.274 e. The maximum Gasteiger partial charge on any atom is 0.269 e. The SMILES string of the molecule is O=C1[C@@H]2[C@H]3CC[C@@H](C3)[C@H]2C(=O)N1c1ccc(-c2ccc([N+](=O)[O-])cc2)cc1. The molecule has 2 saturated carbocycles. The molecule has 0 aromatic heterocycles. The number of nitro benzene ring substituents is 1. The van der Waals surface area contributed by atoms with Crippen LogP contribution < -0.4 is 4.90 Å². The molecule has 0 radical (unpaired) electrons. The van der Waals surface area contributed by atoms with Gasteiger partial charge >= 0.3 is 0 Å². The molecule has 4 atom stereocenters. The molecule has 0 spiro atoms. The molecular formula is C21H18N2O4. The molecular weight excluding hydrogens is 344 g/mol. The lowest BCUT2D eigenvalue weighted by atomic mass is 9.81. The Morgan fingerprint density at radius 3 is 1.78 bits per heavy atom. The Kier molecular flexibility index (Phi) is 3.44. The van der Waals surface area contributed by atoms with Gasteiger partial charge in [0.05, 0.1) is 22.4 Å². The van der Waals surface area contributed by atoms with Crippen LogP contribution in [-0.2, 0) is 9.59 Å². The van der Waals surface area contributed by atoms with Gasteiger partial charge in [-0.15, -0.1) is 0 Å². The van der Waals surface area contributed by atoms with Gasteiger partial charge in [-0.2, -0.15) is 0 Å². The minimum Gasteiger partial charge on any atom is -0.274 e. The molecule has 2 aliphatic carbocycles. The van der Waals surface area contributed by atoms with Gasteiger partial charge in [-0.05, 0) is 66.5 Å². The third-order valence-corrected chi connectivity index (χ3v) is 6.46. The van der Waals surface area contributed by atoms with E-state index in [4.69, 9.17) is 0 Å². The molecule has 2 aromatic rings. The topological polar surface area (TPSA) is 80.5 Å². The van der Waals surface area contributed by atoms with E-state index < -0.39 is 4.92 Å². The molecule has 3 aliphatic rings. The summed E-state index contributed by atoms with van der Waals surface area (Å²) >= 11 is 0. The first-order valence-electron chi connectivity index (χ1n) is 9.27.